The van der Waals surface area contributed by atoms with Gasteiger partial charge in [-0.15, -0.1) is 0 Å². The highest BCUT2D eigenvalue weighted by Crippen LogP contribution is 2.27. The van der Waals surface area contributed by atoms with Gasteiger partial charge in [-0.3, -0.25) is 9.59 Å². The van der Waals surface area contributed by atoms with Crippen LogP contribution in [-0.2, 0) is 4.79 Å². The highest BCUT2D eigenvalue weighted by atomic mass is 16.5. The first kappa shape index (κ1) is 19.0. The minimum absolute atomic E-state index is 0.0568. The van der Waals surface area contributed by atoms with Crippen LogP contribution >= 0.6 is 0 Å². The summed E-state index contributed by atoms with van der Waals surface area (Å²) >= 11 is 0. The summed E-state index contributed by atoms with van der Waals surface area (Å²) < 4.78 is 11.1. The largest absolute Gasteiger partial charge is 0.481 e. The molecule has 2 aromatic rings. The predicted molar refractivity (Wildman–Crippen MR) is 102 cm³/mol. The Balaban J connectivity index is 1.57. The second-order valence-corrected chi connectivity index (χ2v) is 7.05. The number of piperazine rings is 1. The third-order valence-corrected chi connectivity index (χ3v) is 4.80. The number of furan rings is 1. The van der Waals surface area contributed by atoms with Gasteiger partial charge in [-0.25, -0.2) is 0 Å². The maximum atomic E-state index is 12.8. The summed E-state index contributed by atoms with van der Waals surface area (Å²) in [6.07, 6.45) is 0.915. The number of rotatable bonds is 5. The lowest BCUT2D eigenvalue weighted by Crippen LogP contribution is -2.53. The van der Waals surface area contributed by atoms with Gasteiger partial charge in [-0.1, -0.05) is 32.0 Å². The fraction of sp³-hybridized carbons (Fsp3) is 0.429. The molecule has 1 saturated heterocycles. The molecule has 3 rings (SSSR count). The molecular formula is C21H26N2O4. The molecule has 0 saturated carbocycles. The molecule has 0 bridgehead atoms. The second-order valence-electron chi connectivity index (χ2n) is 7.05. The Bertz CT molecular complexity index is 777. The molecule has 1 fully saturated rings. The minimum Gasteiger partial charge on any atom is -0.481 e. The standard InChI is InChI=1S/C21H26N2O4/c1-15(2)17-7-4-5-8-18(17)27-16(3)20(24)22-10-12-23(13-11-22)21(25)19-9-6-14-26-19/h4-9,14-16H,10-13H2,1-3H3. The maximum Gasteiger partial charge on any atom is 0.289 e. The van der Waals surface area contributed by atoms with Crippen LogP contribution in [-0.4, -0.2) is 53.9 Å². The summed E-state index contributed by atoms with van der Waals surface area (Å²) in [6, 6.07) is 11.2. The molecule has 0 radical (unpaired) electrons. The predicted octanol–water partition coefficient (Wildman–Crippen LogP) is 3.15. The van der Waals surface area contributed by atoms with Crippen molar-refractivity contribution in [1.82, 2.24) is 9.80 Å². The summed E-state index contributed by atoms with van der Waals surface area (Å²) in [4.78, 5) is 28.6. The molecule has 0 aliphatic carbocycles. The number of hydrogen-bond acceptors (Lipinski definition) is 4. The van der Waals surface area contributed by atoms with Gasteiger partial charge in [0.1, 0.15) is 5.75 Å². The van der Waals surface area contributed by atoms with E-state index in [4.69, 9.17) is 9.15 Å². The zero-order valence-corrected chi connectivity index (χ0v) is 16.1. The molecule has 1 unspecified atom stereocenters. The molecule has 6 heteroatoms. The lowest BCUT2D eigenvalue weighted by atomic mass is 10.0. The van der Waals surface area contributed by atoms with Crippen molar-refractivity contribution in [2.24, 2.45) is 0 Å². The first-order chi connectivity index (χ1) is 13.0. The van der Waals surface area contributed by atoms with Crippen molar-refractivity contribution in [3.63, 3.8) is 0 Å². The van der Waals surface area contributed by atoms with Crippen LogP contribution in [0.15, 0.2) is 47.1 Å². The van der Waals surface area contributed by atoms with E-state index in [0.717, 1.165) is 11.3 Å². The van der Waals surface area contributed by atoms with E-state index in [0.29, 0.717) is 37.9 Å². The second kappa shape index (κ2) is 8.29. The van der Waals surface area contributed by atoms with Gasteiger partial charge in [0.2, 0.25) is 0 Å². The Morgan fingerprint density at radius 1 is 0.963 bits per heavy atom. The van der Waals surface area contributed by atoms with Crippen molar-refractivity contribution in [2.75, 3.05) is 26.2 Å². The number of carbonyl (C=O) groups excluding carboxylic acids is 2. The van der Waals surface area contributed by atoms with E-state index in [1.807, 2.05) is 24.3 Å². The van der Waals surface area contributed by atoms with E-state index in [1.54, 1.807) is 28.9 Å². The molecule has 1 aliphatic rings. The number of ether oxygens (including phenoxy) is 1. The van der Waals surface area contributed by atoms with E-state index in [9.17, 15) is 9.59 Å². The number of nitrogens with zero attached hydrogens (tertiary/aromatic N) is 2. The van der Waals surface area contributed by atoms with Gasteiger partial charge in [0.15, 0.2) is 11.9 Å². The van der Waals surface area contributed by atoms with Crippen LogP contribution in [0.3, 0.4) is 0 Å². The van der Waals surface area contributed by atoms with Crippen LogP contribution in [0.4, 0.5) is 0 Å². The lowest BCUT2D eigenvalue weighted by molar-refractivity contribution is -0.139. The van der Waals surface area contributed by atoms with Crippen LogP contribution in [0.2, 0.25) is 0 Å². The number of hydrogen-bond donors (Lipinski definition) is 0. The molecule has 1 aliphatic heterocycles. The molecule has 27 heavy (non-hydrogen) atoms. The van der Waals surface area contributed by atoms with Crippen molar-refractivity contribution in [2.45, 2.75) is 32.8 Å². The Morgan fingerprint density at radius 2 is 1.63 bits per heavy atom. The van der Waals surface area contributed by atoms with E-state index < -0.39 is 6.10 Å². The molecule has 1 aromatic carbocycles. The van der Waals surface area contributed by atoms with E-state index >= 15 is 0 Å². The molecule has 2 amide bonds. The monoisotopic (exact) mass is 370 g/mol. The van der Waals surface area contributed by atoms with Crippen LogP contribution < -0.4 is 4.74 Å². The van der Waals surface area contributed by atoms with Crippen molar-refractivity contribution in [3.8, 4) is 5.75 Å². The quantitative estimate of drug-likeness (QED) is 0.811. The average molecular weight is 370 g/mol. The fourth-order valence-electron chi connectivity index (χ4n) is 3.25. The molecule has 1 aromatic heterocycles. The Hall–Kier alpha value is -2.76. The third kappa shape index (κ3) is 4.32. The summed E-state index contributed by atoms with van der Waals surface area (Å²) in [5.74, 6) is 1.21. The normalized spacial score (nSPS) is 15.7. The molecular weight excluding hydrogens is 344 g/mol. The van der Waals surface area contributed by atoms with Gasteiger partial charge >= 0.3 is 0 Å². The van der Waals surface area contributed by atoms with Gasteiger partial charge in [0, 0.05) is 26.2 Å². The molecule has 2 heterocycles. The Morgan fingerprint density at radius 3 is 2.26 bits per heavy atom. The highest BCUT2D eigenvalue weighted by Gasteiger charge is 2.29. The third-order valence-electron chi connectivity index (χ3n) is 4.80. The van der Waals surface area contributed by atoms with Gasteiger partial charge in [-0.2, -0.15) is 0 Å². The average Bonchev–Trinajstić information content (AvgIpc) is 3.22. The van der Waals surface area contributed by atoms with Crippen molar-refractivity contribution >= 4 is 11.8 Å². The van der Waals surface area contributed by atoms with Crippen molar-refractivity contribution in [1.29, 1.82) is 0 Å². The van der Waals surface area contributed by atoms with Gasteiger partial charge < -0.3 is 19.0 Å². The van der Waals surface area contributed by atoms with E-state index in [-0.39, 0.29) is 11.8 Å². The van der Waals surface area contributed by atoms with Crippen LogP contribution in [0.1, 0.15) is 42.8 Å². The number of amides is 2. The zero-order chi connectivity index (χ0) is 19.4. The molecule has 0 spiro atoms. The van der Waals surface area contributed by atoms with Crippen molar-refractivity contribution < 1.29 is 18.7 Å². The zero-order valence-electron chi connectivity index (χ0n) is 16.1. The summed E-state index contributed by atoms with van der Waals surface area (Å²) in [5.41, 5.74) is 1.09. The molecule has 6 nitrogen and oxygen atoms in total. The fourth-order valence-corrected chi connectivity index (χ4v) is 3.25. The molecule has 0 N–H and O–H groups in total. The van der Waals surface area contributed by atoms with Crippen molar-refractivity contribution in [3.05, 3.63) is 54.0 Å². The number of carbonyl (C=O) groups is 2. The first-order valence-electron chi connectivity index (χ1n) is 9.34. The van der Waals surface area contributed by atoms with Gasteiger partial charge in [0.05, 0.1) is 6.26 Å². The van der Waals surface area contributed by atoms with Crippen LogP contribution in [0.25, 0.3) is 0 Å². The van der Waals surface area contributed by atoms with Gasteiger partial charge in [-0.05, 0) is 36.6 Å². The maximum absolute atomic E-state index is 12.8. The molecule has 144 valence electrons. The summed E-state index contributed by atoms with van der Waals surface area (Å²) in [6.45, 7) is 7.93. The number of para-hydroxylation sites is 1. The van der Waals surface area contributed by atoms with Gasteiger partial charge in [0.25, 0.3) is 11.8 Å². The summed E-state index contributed by atoms with van der Waals surface area (Å²) in [5, 5.41) is 0. The topological polar surface area (TPSA) is 63.0 Å². The van der Waals surface area contributed by atoms with E-state index in [1.165, 1.54) is 6.26 Å². The van der Waals surface area contributed by atoms with Crippen LogP contribution in [0.5, 0.6) is 5.75 Å². The first-order valence-corrected chi connectivity index (χ1v) is 9.34. The lowest BCUT2D eigenvalue weighted by Gasteiger charge is -2.35. The SMILES string of the molecule is CC(Oc1ccccc1C(C)C)C(=O)N1CCN(C(=O)c2ccco2)CC1. The Labute approximate surface area is 159 Å². The summed E-state index contributed by atoms with van der Waals surface area (Å²) in [7, 11) is 0. The molecule has 1 atom stereocenters. The number of benzene rings is 1. The highest BCUT2D eigenvalue weighted by molar-refractivity contribution is 5.91. The van der Waals surface area contributed by atoms with E-state index in [2.05, 4.69) is 13.8 Å². The van der Waals surface area contributed by atoms with Crippen LogP contribution in [0, 0.1) is 0 Å². The minimum atomic E-state index is -0.572. The smallest absolute Gasteiger partial charge is 0.289 e. The Kier molecular flexibility index (Phi) is 5.84.